The quantitative estimate of drug-likeness (QED) is 0.492. The first-order chi connectivity index (χ1) is 14.7. The molecule has 1 aliphatic heterocycles. The third-order valence-electron chi connectivity index (χ3n) is 6.61. The second-order valence-electron chi connectivity index (χ2n) is 8.43. The predicted octanol–water partition coefficient (Wildman–Crippen LogP) is 4.96. The van der Waals surface area contributed by atoms with E-state index < -0.39 is 0 Å². The van der Waals surface area contributed by atoms with Gasteiger partial charge in [0.15, 0.2) is 0 Å². The van der Waals surface area contributed by atoms with Crippen LogP contribution in [0.1, 0.15) is 82.4 Å². The Labute approximate surface area is 215 Å². The molecule has 6 heteroatoms. The van der Waals surface area contributed by atoms with Crippen LogP contribution in [0.3, 0.4) is 0 Å². The molecule has 0 aromatic heterocycles. The van der Waals surface area contributed by atoms with Crippen LogP contribution in [-0.4, -0.2) is 43.2 Å². The van der Waals surface area contributed by atoms with Gasteiger partial charge in [0.05, 0.1) is 19.9 Å². The molecule has 31 heavy (non-hydrogen) atoms. The van der Waals surface area contributed by atoms with Gasteiger partial charge in [-0.3, -0.25) is 5.32 Å². The molecule has 2 fully saturated rings. The van der Waals surface area contributed by atoms with Gasteiger partial charge in [-0.2, -0.15) is 0 Å². The Hall–Kier alpha value is -0.0361. The van der Waals surface area contributed by atoms with E-state index in [4.69, 9.17) is 15.2 Å². The van der Waals surface area contributed by atoms with Gasteiger partial charge in [0.1, 0.15) is 5.75 Å². The Bertz CT molecular complexity index is 596. The van der Waals surface area contributed by atoms with Crippen LogP contribution in [0.15, 0.2) is 18.2 Å². The molecule has 1 aromatic carbocycles. The molecule has 1 heterocycles. The third kappa shape index (κ3) is 9.02. The van der Waals surface area contributed by atoms with Gasteiger partial charge in [-0.1, -0.05) is 69.9 Å². The molecule has 3 unspecified atom stereocenters. The minimum atomic E-state index is -0.140. The van der Waals surface area contributed by atoms with Crippen LogP contribution in [0.2, 0.25) is 0 Å². The number of methoxy groups -OCH3 is 1. The van der Waals surface area contributed by atoms with E-state index in [9.17, 15) is 5.11 Å². The third-order valence-corrected chi connectivity index (χ3v) is 6.61. The minimum absolute atomic E-state index is 0. The van der Waals surface area contributed by atoms with E-state index in [2.05, 4.69) is 23.5 Å². The number of fused-ring (bicyclic) bond motifs is 1. The summed E-state index contributed by atoms with van der Waals surface area (Å²) in [6.45, 7) is 5.77. The number of nitrogens with one attached hydrogen (secondary N) is 1. The normalized spacial score (nSPS) is 25.1. The topological polar surface area (TPSA) is 75.8 Å². The first kappa shape index (κ1) is 29.0. The molecule has 175 valence electrons. The maximum atomic E-state index is 9.29. The van der Waals surface area contributed by atoms with E-state index >= 15 is 0 Å². The van der Waals surface area contributed by atoms with Crippen molar-refractivity contribution < 1.29 is 47.7 Å². The van der Waals surface area contributed by atoms with Crippen molar-refractivity contribution in [3.05, 3.63) is 34.6 Å². The number of ether oxygens (including phenoxy) is 1. The molecule has 3 atom stereocenters. The SMILES string of the molecule is CC.COc1ccc2c(c1)C(C1CCCCC1)[N-]CC2.OCNCC1CCCC1O.[Y]. The molecule has 0 bridgehead atoms. The second kappa shape index (κ2) is 16.6. The molecule has 4 rings (SSSR count). The Morgan fingerprint density at radius 1 is 1.06 bits per heavy atom. The van der Waals surface area contributed by atoms with Crippen molar-refractivity contribution in [1.82, 2.24) is 5.32 Å². The number of rotatable bonds is 5. The first-order valence-corrected chi connectivity index (χ1v) is 12.1. The summed E-state index contributed by atoms with van der Waals surface area (Å²) < 4.78 is 5.37. The Balaban J connectivity index is 0.000000318. The Morgan fingerprint density at radius 2 is 1.81 bits per heavy atom. The van der Waals surface area contributed by atoms with Gasteiger partial charge in [0.25, 0.3) is 0 Å². The Kier molecular flexibility index (Phi) is 15.5. The standard InChI is InChI=1S/C16H22NO.C7H15NO2.C2H6.Y/c1-18-14-8-7-12-9-10-17-16(15(12)11-14)13-5-3-2-4-6-13;9-5-8-4-6-2-1-3-7(6)10;1-2;/h7-8,11,13,16H,2-6,9-10H2,1H3;6-10H,1-5H2;1-2H3;/q-1;;;. The van der Waals surface area contributed by atoms with E-state index in [0.717, 1.165) is 50.4 Å². The zero-order valence-electron chi connectivity index (χ0n) is 19.9. The summed E-state index contributed by atoms with van der Waals surface area (Å²) in [4.78, 5) is 0. The van der Waals surface area contributed by atoms with Gasteiger partial charge >= 0.3 is 0 Å². The predicted molar refractivity (Wildman–Crippen MR) is 124 cm³/mol. The van der Waals surface area contributed by atoms with Crippen LogP contribution >= 0.6 is 0 Å². The zero-order valence-corrected chi connectivity index (χ0v) is 22.7. The average molecular weight is 509 g/mol. The molecule has 5 nitrogen and oxygen atoms in total. The zero-order chi connectivity index (χ0) is 21.8. The second-order valence-corrected chi connectivity index (χ2v) is 8.43. The molecule has 0 spiro atoms. The summed E-state index contributed by atoms with van der Waals surface area (Å²) in [5, 5.41) is 25.4. The van der Waals surface area contributed by atoms with Gasteiger partial charge in [0.2, 0.25) is 0 Å². The molecule has 3 N–H and O–H groups in total. The van der Waals surface area contributed by atoms with E-state index in [1.807, 2.05) is 13.8 Å². The Morgan fingerprint density at radius 3 is 2.42 bits per heavy atom. The van der Waals surface area contributed by atoms with Crippen LogP contribution in [0.25, 0.3) is 5.32 Å². The van der Waals surface area contributed by atoms with E-state index in [0.29, 0.717) is 12.0 Å². The van der Waals surface area contributed by atoms with Crippen LogP contribution in [0, 0.1) is 11.8 Å². The summed E-state index contributed by atoms with van der Waals surface area (Å²) in [7, 11) is 1.75. The van der Waals surface area contributed by atoms with Crippen molar-refractivity contribution in [3.8, 4) is 5.75 Å². The number of aliphatic hydroxyl groups is 2. The van der Waals surface area contributed by atoms with Crippen molar-refractivity contribution in [2.75, 3.05) is 26.9 Å². The number of benzene rings is 1. The molecule has 2 aliphatic carbocycles. The monoisotopic (exact) mass is 508 g/mol. The molecule has 0 saturated heterocycles. The summed E-state index contributed by atoms with van der Waals surface area (Å²) in [5.41, 5.74) is 2.92. The fraction of sp³-hybridized carbons (Fsp3) is 0.760. The van der Waals surface area contributed by atoms with Crippen molar-refractivity contribution in [1.29, 1.82) is 0 Å². The van der Waals surface area contributed by atoms with Gasteiger partial charge in [-0.15, -0.1) is 12.6 Å². The summed E-state index contributed by atoms with van der Waals surface area (Å²) in [6, 6.07) is 6.97. The van der Waals surface area contributed by atoms with Crippen LogP contribution in [0.5, 0.6) is 5.75 Å². The van der Waals surface area contributed by atoms with Gasteiger partial charge in [-0.25, -0.2) is 0 Å². The van der Waals surface area contributed by atoms with Gasteiger partial charge in [0, 0.05) is 39.3 Å². The number of aliphatic hydroxyl groups excluding tert-OH is 2. The summed E-state index contributed by atoms with van der Waals surface area (Å²) >= 11 is 0. The smallest absolute Gasteiger partial charge is 0.119 e. The van der Waals surface area contributed by atoms with Crippen LogP contribution < -0.4 is 10.1 Å². The molecule has 2 saturated carbocycles. The van der Waals surface area contributed by atoms with Gasteiger partial charge < -0.3 is 20.3 Å². The molecule has 1 radical (unpaired) electrons. The van der Waals surface area contributed by atoms with Crippen molar-refractivity contribution >= 4 is 0 Å². The number of hydrogen-bond donors (Lipinski definition) is 3. The van der Waals surface area contributed by atoms with Crippen molar-refractivity contribution in [2.24, 2.45) is 11.8 Å². The molecular weight excluding hydrogens is 465 g/mol. The van der Waals surface area contributed by atoms with E-state index in [1.54, 1.807) is 7.11 Å². The number of hydrogen-bond acceptors (Lipinski definition) is 4. The maximum absolute atomic E-state index is 9.29. The van der Waals surface area contributed by atoms with Crippen molar-refractivity contribution in [2.45, 2.75) is 83.8 Å². The minimum Gasteiger partial charge on any atom is -0.655 e. The fourth-order valence-electron chi connectivity index (χ4n) is 4.98. The largest absolute Gasteiger partial charge is 0.655 e. The fourth-order valence-corrected chi connectivity index (χ4v) is 4.98. The van der Waals surface area contributed by atoms with Gasteiger partial charge in [-0.05, 0) is 42.9 Å². The van der Waals surface area contributed by atoms with Crippen molar-refractivity contribution in [3.63, 3.8) is 0 Å². The first-order valence-electron chi connectivity index (χ1n) is 12.1. The van der Waals surface area contributed by atoms with E-state index in [1.165, 1.54) is 43.2 Å². The van der Waals surface area contributed by atoms with E-state index in [-0.39, 0.29) is 45.5 Å². The average Bonchev–Trinajstić information content (AvgIpc) is 3.23. The maximum Gasteiger partial charge on any atom is 0.119 e. The number of nitrogens with zero attached hydrogens (tertiary/aromatic N) is 1. The molecular formula is C25H43N2O3Y-. The molecule has 0 amide bonds. The molecule has 1 aromatic rings. The molecule has 3 aliphatic rings. The van der Waals surface area contributed by atoms with Crippen LogP contribution in [0.4, 0.5) is 0 Å². The van der Waals surface area contributed by atoms with Crippen LogP contribution in [-0.2, 0) is 39.1 Å². The summed E-state index contributed by atoms with van der Waals surface area (Å²) in [5.74, 6) is 2.11. The summed E-state index contributed by atoms with van der Waals surface area (Å²) in [6.07, 6.45) is 11.0.